The molecule has 0 fully saturated rings. The highest BCUT2D eigenvalue weighted by molar-refractivity contribution is 6.35. The quantitative estimate of drug-likeness (QED) is 0.175. The van der Waals surface area contributed by atoms with Crippen LogP contribution in [-0.4, -0.2) is 0 Å². The van der Waals surface area contributed by atoms with Gasteiger partial charge < -0.3 is 9.47 Å². The summed E-state index contributed by atoms with van der Waals surface area (Å²) in [6.07, 6.45) is 0. The average Bonchev–Trinajstić information content (AvgIpc) is 3.15. The molecule has 0 radical (unpaired) electrons. The summed E-state index contributed by atoms with van der Waals surface area (Å²) in [6.45, 7) is 0. The third-order valence-electron chi connectivity index (χ3n) is 8.09. The predicted molar refractivity (Wildman–Crippen MR) is 187 cm³/mol. The fraction of sp³-hybridized carbons (Fsp3) is 0. The number of fused-ring (bicyclic) bond motifs is 8. The molecule has 228 valence electrons. The SMILES string of the molecule is Clc1c2c(c(Cl)c3c1=Nc1c(cc(/N=N/c4ccccc4)c4ccccc14)O3)=Nc1c(cc(/N=N/c3ccccc3)c3ccccc13)O2. The molecule has 0 atom stereocenters. The van der Waals surface area contributed by atoms with Gasteiger partial charge in [0.05, 0.1) is 22.7 Å². The van der Waals surface area contributed by atoms with E-state index in [0.29, 0.717) is 45.0 Å². The van der Waals surface area contributed by atoms with Gasteiger partial charge in [0.2, 0.25) is 0 Å². The maximum absolute atomic E-state index is 7.06. The van der Waals surface area contributed by atoms with Gasteiger partial charge in [-0.15, -0.1) is 10.2 Å². The second-order valence-electron chi connectivity index (χ2n) is 11.1. The van der Waals surface area contributed by atoms with Gasteiger partial charge in [0, 0.05) is 33.7 Å². The lowest BCUT2D eigenvalue weighted by Gasteiger charge is -2.22. The van der Waals surface area contributed by atoms with E-state index in [0.717, 1.165) is 32.9 Å². The lowest BCUT2D eigenvalue weighted by molar-refractivity contribution is 0.452. The maximum Gasteiger partial charge on any atom is 0.175 e. The zero-order chi connectivity index (χ0) is 32.2. The van der Waals surface area contributed by atoms with Crippen LogP contribution in [0.25, 0.3) is 21.5 Å². The zero-order valence-electron chi connectivity index (χ0n) is 24.8. The Morgan fingerprint density at radius 1 is 0.438 bits per heavy atom. The van der Waals surface area contributed by atoms with Gasteiger partial charge in [0.1, 0.15) is 32.1 Å². The molecule has 9 rings (SSSR count). The largest absolute Gasteiger partial charge is 0.451 e. The molecule has 0 spiro atoms. The van der Waals surface area contributed by atoms with Crippen LogP contribution in [0.3, 0.4) is 0 Å². The number of ether oxygens (including phenoxy) is 2. The summed E-state index contributed by atoms with van der Waals surface area (Å²) in [5.41, 5.74) is 3.91. The summed E-state index contributed by atoms with van der Waals surface area (Å²) >= 11 is 14.1. The van der Waals surface area contributed by atoms with Crippen molar-refractivity contribution >= 4 is 78.9 Å². The number of rotatable bonds is 4. The van der Waals surface area contributed by atoms with Gasteiger partial charge in [-0.1, -0.05) is 108 Å². The molecule has 0 amide bonds. The summed E-state index contributed by atoms with van der Waals surface area (Å²) in [5, 5.41) is 22.5. The van der Waals surface area contributed by atoms with Crippen molar-refractivity contribution in [3.63, 3.8) is 0 Å². The lowest BCUT2D eigenvalue weighted by Crippen LogP contribution is -2.22. The van der Waals surface area contributed by atoms with Crippen LogP contribution in [0.4, 0.5) is 34.1 Å². The fourth-order valence-corrected chi connectivity index (χ4v) is 6.36. The van der Waals surface area contributed by atoms with E-state index in [9.17, 15) is 0 Å². The Bertz CT molecular complexity index is 2460. The predicted octanol–water partition coefficient (Wildman–Crippen LogP) is 12.2. The van der Waals surface area contributed by atoms with Gasteiger partial charge in [-0.25, -0.2) is 9.98 Å². The second kappa shape index (κ2) is 11.4. The number of hydrogen-bond acceptors (Lipinski definition) is 8. The minimum atomic E-state index is 0.224. The van der Waals surface area contributed by atoms with E-state index in [2.05, 4.69) is 20.5 Å². The molecule has 0 aliphatic carbocycles. The number of nitrogens with zero attached hydrogens (tertiary/aromatic N) is 6. The summed E-state index contributed by atoms with van der Waals surface area (Å²) < 4.78 is 12.9. The van der Waals surface area contributed by atoms with Crippen molar-refractivity contribution in [2.24, 2.45) is 30.4 Å². The van der Waals surface area contributed by atoms with Gasteiger partial charge in [-0.2, -0.15) is 10.2 Å². The minimum absolute atomic E-state index is 0.224. The molecule has 2 aliphatic heterocycles. The Morgan fingerprint density at radius 3 is 1.23 bits per heavy atom. The first kappa shape index (κ1) is 28.3. The Labute approximate surface area is 283 Å². The Morgan fingerprint density at radius 2 is 0.812 bits per heavy atom. The Kier molecular flexibility index (Phi) is 6.70. The molecule has 0 saturated carbocycles. The average molecular weight is 664 g/mol. The van der Waals surface area contributed by atoms with E-state index in [1.54, 1.807) is 0 Å². The maximum atomic E-state index is 7.06. The van der Waals surface area contributed by atoms with Crippen molar-refractivity contribution < 1.29 is 9.47 Å². The van der Waals surface area contributed by atoms with Crippen molar-refractivity contribution in [3.8, 4) is 23.0 Å². The van der Waals surface area contributed by atoms with E-state index in [1.807, 2.05) is 121 Å². The third-order valence-corrected chi connectivity index (χ3v) is 8.79. The number of hydrogen-bond donors (Lipinski definition) is 0. The highest BCUT2D eigenvalue weighted by Crippen LogP contribution is 2.49. The van der Waals surface area contributed by atoms with Crippen molar-refractivity contribution in [2.75, 3.05) is 0 Å². The molecule has 0 saturated heterocycles. The molecule has 48 heavy (non-hydrogen) atoms. The number of halogens is 2. The van der Waals surface area contributed by atoms with Gasteiger partial charge in [-0.05, 0) is 24.3 Å². The Balaban J connectivity index is 1.21. The normalized spacial score (nSPS) is 12.9. The zero-order valence-corrected chi connectivity index (χ0v) is 26.3. The van der Waals surface area contributed by atoms with E-state index in [4.69, 9.17) is 42.7 Å². The van der Waals surface area contributed by atoms with Crippen LogP contribution in [0.15, 0.2) is 152 Å². The minimum Gasteiger partial charge on any atom is -0.451 e. The highest BCUT2D eigenvalue weighted by atomic mass is 35.5. The van der Waals surface area contributed by atoms with Crippen LogP contribution in [0.2, 0.25) is 10.0 Å². The van der Waals surface area contributed by atoms with Crippen molar-refractivity contribution in [1.29, 1.82) is 0 Å². The summed E-state index contributed by atoms with van der Waals surface area (Å²) in [5.74, 6) is 1.50. The van der Waals surface area contributed by atoms with Crippen LogP contribution in [0, 0.1) is 0 Å². The molecule has 8 nitrogen and oxygen atoms in total. The van der Waals surface area contributed by atoms with E-state index in [-0.39, 0.29) is 21.5 Å². The summed E-state index contributed by atoms with van der Waals surface area (Å²) in [4.78, 5) is 9.97. The standard InChI is InChI=1S/C38H20Cl2N6O2/c39-31-36-38(48-30-20-28(46-44-22-13-5-2-6-14-22)24-16-8-10-18-26(24)34(30)42-36)32(40)35-37(31)47-29-19-27(45-43-21-11-3-1-4-12-21)23-15-7-9-17-25(23)33(29)41-35/h1-20H/b45-43+,46-44+. The molecule has 7 aromatic carbocycles. The first-order valence-corrected chi connectivity index (χ1v) is 15.8. The van der Waals surface area contributed by atoms with Crippen molar-refractivity contribution in [2.45, 2.75) is 0 Å². The first-order chi connectivity index (χ1) is 23.6. The molecule has 0 aromatic heterocycles. The van der Waals surface area contributed by atoms with Crippen LogP contribution in [0.1, 0.15) is 0 Å². The molecule has 0 unspecified atom stereocenters. The van der Waals surface area contributed by atoms with Crippen molar-refractivity contribution in [3.05, 3.63) is 142 Å². The van der Waals surface area contributed by atoms with Gasteiger partial charge in [0.15, 0.2) is 23.0 Å². The van der Waals surface area contributed by atoms with Crippen LogP contribution < -0.4 is 20.2 Å². The van der Waals surface area contributed by atoms with Gasteiger partial charge >= 0.3 is 0 Å². The van der Waals surface area contributed by atoms with Crippen LogP contribution in [0.5, 0.6) is 23.0 Å². The molecule has 0 N–H and O–H groups in total. The molecule has 2 aliphatic rings. The van der Waals surface area contributed by atoms with Crippen molar-refractivity contribution in [1.82, 2.24) is 0 Å². The molecular formula is C38H20Cl2N6O2. The van der Waals surface area contributed by atoms with E-state index < -0.39 is 0 Å². The van der Waals surface area contributed by atoms with Gasteiger partial charge in [-0.3, -0.25) is 0 Å². The molecule has 0 bridgehead atoms. The summed E-state index contributed by atoms with van der Waals surface area (Å²) in [6, 6.07) is 38.3. The first-order valence-electron chi connectivity index (χ1n) is 15.0. The van der Waals surface area contributed by atoms with Crippen LogP contribution in [-0.2, 0) is 0 Å². The van der Waals surface area contributed by atoms with Gasteiger partial charge in [0.25, 0.3) is 0 Å². The smallest absolute Gasteiger partial charge is 0.175 e. The highest BCUT2D eigenvalue weighted by Gasteiger charge is 2.29. The third kappa shape index (κ3) is 4.69. The summed E-state index contributed by atoms with van der Waals surface area (Å²) in [7, 11) is 0. The van der Waals surface area contributed by atoms with E-state index >= 15 is 0 Å². The van der Waals surface area contributed by atoms with E-state index in [1.165, 1.54) is 0 Å². The fourth-order valence-electron chi connectivity index (χ4n) is 5.85. The number of azo groups is 2. The lowest BCUT2D eigenvalue weighted by atomic mass is 10.0. The second-order valence-corrected chi connectivity index (χ2v) is 11.8. The molecule has 7 aromatic rings. The Hall–Kier alpha value is -5.96. The van der Waals surface area contributed by atoms with Crippen LogP contribution >= 0.6 is 23.2 Å². The monoisotopic (exact) mass is 662 g/mol. The molecule has 2 heterocycles. The molecular weight excluding hydrogens is 643 g/mol. The topological polar surface area (TPSA) is 92.6 Å². The number of benzene rings is 7. The molecule has 10 heteroatoms.